The molecule has 1 aromatic heterocycles. The van der Waals surface area contributed by atoms with E-state index in [2.05, 4.69) is 10.4 Å². The van der Waals surface area contributed by atoms with Crippen molar-refractivity contribution in [2.24, 2.45) is 5.10 Å². The third kappa shape index (κ3) is 6.48. The number of hydrogen-bond donors (Lipinski definition) is 1. The van der Waals surface area contributed by atoms with Gasteiger partial charge in [0.05, 0.1) is 12.0 Å². The first-order valence-corrected chi connectivity index (χ1v) is 11.2. The lowest BCUT2D eigenvalue weighted by Crippen LogP contribution is -2.36. The molecular weight excluding hydrogens is 474 g/mol. The van der Waals surface area contributed by atoms with E-state index < -0.39 is 37.0 Å². The number of carbonyl (C=O) groups excluding carboxylic acids is 3. The van der Waals surface area contributed by atoms with Crippen molar-refractivity contribution >= 4 is 35.1 Å². The summed E-state index contributed by atoms with van der Waals surface area (Å²) in [6.45, 7) is -1.19. The molecule has 0 saturated carbocycles. The van der Waals surface area contributed by atoms with Crippen LogP contribution in [0.2, 0.25) is 5.02 Å². The zero-order chi connectivity index (χ0) is 24.6. The summed E-state index contributed by atoms with van der Waals surface area (Å²) >= 11 is 5.97. The Labute approximate surface area is 206 Å². The number of hydrogen-bond acceptors (Lipinski definition) is 7. The molecule has 2 heterocycles. The molecule has 9 nitrogen and oxygen atoms in total. The molecule has 1 N–H and O–H groups in total. The molecule has 2 aromatic carbocycles. The number of nitrogens with one attached hydrogen (secondary N) is 1. The number of ether oxygens (including phenoxy) is 2. The number of nitrogens with zero attached hydrogens (tertiary/aromatic N) is 2. The third-order valence-corrected chi connectivity index (χ3v) is 5.37. The number of furan rings is 1. The molecule has 35 heavy (non-hydrogen) atoms. The van der Waals surface area contributed by atoms with Gasteiger partial charge in [-0.3, -0.25) is 14.4 Å². The Morgan fingerprint density at radius 1 is 1.03 bits per heavy atom. The van der Waals surface area contributed by atoms with Crippen LogP contribution in [0.1, 0.15) is 23.8 Å². The minimum Gasteiger partial charge on any atom is -0.484 e. The molecule has 0 saturated heterocycles. The second-order valence-electron chi connectivity index (χ2n) is 7.57. The van der Waals surface area contributed by atoms with Crippen molar-refractivity contribution in [3.8, 4) is 5.75 Å². The Kier molecular flexibility index (Phi) is 7.79. The van der Waals surface area contributed by atoms with Crippen LogP contribution in [0.15, 0.2) is 82.5 Å². The standard InChI is InChI=1S/C25H22ClN3O6/c26-18-10-8-17(9-11-18)20-13-21(22-7-4-12-33-22)29(28-20)24(31)16-35-25(32)14-27-23(30)15-34-19-5-2-1-3-6-19/h1-12,21H,13-16H2,(H,27,30). The van der Waals surface area contributed by atoms with E-state index in [1.807, 2.05) is 18.2 Å². The molecule has 0 spiro atoms. The first-order chi connectivity index (χ1) is 17.0. The Hall–Kier alpha value is -4.11. The lowest BCUT2D eigenvalue weighted by atomic mass is 10.0. The van der Waals surface area contributed by atoms with Gasteiger partial charge in [0.2, 0.25) is 0 Å². The quantitative estimate of drug-likeness (QED) is 0.456. The van der Waals surface area contributed by atoms with Crippen LogP contribution in [0.3, 0.4) is 0 Å². The van der Waals surface area contributed by atoms with E-state index in [9.17, 15) is 14.4 Å². The Morgan fingerprint density at radius 2 is 1.80 bits per heavy atom. The Balaban J connectivity index is 1.30. The predicted molar refractivity (Wildman–Crippen MR) is 127 cm³/mol. The van der Waals surface area contributed by atoms with Gasteiger partial charge in [0.15, 0.2) is 13.2 Å². The SMILES string of the molecule is O=C(COc1ccccc1)NCC(=O)OCC(=O)N1N=C(c2ccc(Cl)cc2)CC1c1ccco1. The van der Waals surface area contributed by atoms with Crippen molar-refractivity contribution in [2.75, 3.05) is 19.8 Å². The van der Waals surface area contributed by atoms with Crippen LogP contribution in [-0.4, -0.2) is 48.3 Å². The van der Waals surface area contributed by atoms with Crippen LogP contribution >= 0.6 is 11.6 Å². The fourth-order valence-corrected chi connectivity index (χ4v) is 3.53. The zero-order valence-electron chi connectivity index (χ0n) is 18.6. The highest BCUT2D eigenvalue weighted by atomic mass is 35.5. The molecule has 10 heteroatoms. The van der Waals surface area contributed by atoms with Crippen LogP contribution in [0.5, 0.6) is 5.75 Å². The summed E-state index contributed by atoms with van der Waals surface area (Å²) in [5.41, 5.74) is 1.49. The largest absolute Gasteiger partial charge is 0.484 e. The molecular formula is C25H22ClN3O6. The van der Waals surface area contributed by atoms with E-state index in [0.717, 1.165) is 5.56 Å². The highest BCUT2D eigenvalue weighted by Crippen LogP contribution is 2.33. The predicted octanol–water partition coefficient (Wildman–Crippen LogP) is 3.35. The van der Waals surface area contributed by atoms with E-state index in [0.29, 0.717) is 28.7 Å². The van der Waals surface area contributed by atoms with Gasteiger partial charge >= 0.3 is 5.97 Å². The fourth-order valence-electron chi connectivity index (χ4n) is 3.41. The van der Waals surface area contributed by atoms with Gasteiger partial charge in [0.25, 0.3) is 11.8 Å². The summed E-state index contributed by atoms with van der Waals surface area (Å²) in [5.74, 6) is -0.689. The van der Waals surface area contributed by atoms with Gasteiger partial charge in [-0.2, -0.15) is 5.10 Å². The van der Waals surface area contributed by atoms with Crippen LogP contribution in [0.4, 0.5) is 0 Å². The maximum atomic E-state index is 12.9. The maximum absolute atomic E-state index is 12.9. The second-order valence-corrected chi connectivity index (χ2v) is 8.00. The van der Waals surface area contributed by atoms with E-state index in [1.54, 1.807) is 48.5 Å². The monoisotopic (exact) mass is 495 g/mol. The lowest BCUT2D eigenvalue weighted by Gasteiger charge is -2.19. The molecule has 1 atom stereocenters. The fraction of sp³-hybridized carbons (Fsp3) is 0.200. The van der Waals surface area contributed by atoms with Crippen molar-refractivity contribution in [3.63, 3.8) is 0 Å². The summed E-state index contributed by atoms with van der Waals surface area (Å²) in [7, 11) is 0. The minimum absolute atomic E-state index is 0.253. The summed E-state index contributed by atoms with van der Waals surface area (Å²) in [5, 5.41) is 8.69. The highest BCUT2D eigenvalue weighted by Gasteiger charge is 2.35. The Morgan fingerprint density at radius 3 is 2.51 bits per heavy atom. The molecule has 1 aliphatic heterocycles. The number of carbonyl (C=O) groups is 3. The molecule has 0 bridgehead atoms. The smallest absolute Gasteiger partial charge is 0.325 e. The van der Waals surface area contributed by atoms with Crippen molar-refractivity contribution in [2.45, 2.75) is 12.5 Å². The van der Waals surface area contributed by atoms with Gasteiger partial charge in [-0.15, -0.1) is 0 Å². The van der Waals surface area contributed by atoms with Gasteiger partial charge in [-0.1, -0.05) is 41.9 Å². The van der Waals surface area contributed by atoms with Gasteiger partial charge in [-0.05, 0) is 42.0 Å². The molecule has 0 radical (unpaired) electrons. The topological polar surface area (TPSA) is 110 Å². The molecule has 2 amide bonds. The number of halogens is 1. The molecule has 3 aromatic rings. The maximum Gasteiger partial charge on any atom is 0.325 e. The average Bonchev–Trinajstić information content (AvgIpc) is 3.56. The van der Waals surface area contributed by atoms with Crippen LogP contribution in [0.25, 0.3) is 0 Å². The zero-order valence-corrected chi connectivity index (χ0v) is 19.3. The van der Waals surface area contributed by atoms with E-state index >= 15 is 0 Å². The first kappa shape index (κ1) is 24.0. The van der Waals surface area contributed by atoms with Gasteiger partial charge < -0.3 is 19.2 Å². The van der Waals surface area contributed by atoms with E-state index in [-0.39, 0.29) is 6.61 Å². The molecule has 0 aliphatic carbocycles. The van der Waals surface area contributed by atoms with Gasteiger partial charge in [0.1, 0.15) is 24.1 Å². The molecule has 1 unspecified atom stereocenters. The third-order valence-electron chi connectivity index (χ3n) is 5.11. The number of rotatable bonds is 9. The van der Waals surface area contributed by atoms with E-state index in [4.69, 9.17) is 25.5 Å². The van der Waals surface area contributed by atoms with Crippen molar-refractivity contribution in [3.05, 3.63) is 89.3 Å². The second kappa shape index (κ2) is 11.3. The van der Waals surface area contributed by atoms with Crippen molar-refractivity contribution in [1.29, 1.82) is 0 Å². The summed E-state index contributed by atoms with van der Waals surface area (Å²) in [6, 6.07) is 18.9. The number of benzene rings is 2. The van der Waals surface area contributed by atoms with Gasteiger partial charge in [0, 0.05) is 11.4 Å². The molecule has 1 aliphatic rings. The summed E-state index contributed by atoms with van der Waals surface area (Å²) in [6.07, 6.45) is 1.94. The summed E-state index contributed by atoms with van der Waals surface area (Å²) < 4.78 is 15.9. The number of amides is 2. The molecule has 4 rings (SSSR count). The normalized spacial score (nSPS) is 14.8. The van der Waals surface area contributed by atoms with Crippen molar-refractivity contribution < 1.29 is 28.3 Å². The molecule has 0 fully saturated rings. The van der Waals surface area contributed by atoms with Crippen LogP contribution in [0, 0.1) is 0 Å². The lowest BCUT2D eigenvalue weighted by molar-refractivity contribution is -0.152. The highest BCUT2D eigenvalue weighted by molar-refractivity contribution is 6.30. The number of hydrazone groups is 1. The molecule has 180 valence electrons. The summed E-state index contributed by atoms with van der Waals surface area (Å²) in [4.78, 5) is 36.8. The minimum atomic E-state index is -0.762. The van der Waals surface area contributed by atoms with Gasteiger partial charge in [-0.25, -0.2) is 5.01 Å². The van der Waals surface area contributed by atoms with E-state index in [1.165, 1.54) is 11.3 Å². The average molecular weight is 496 g/mol. The van der Waals surface area contributed by atoms with Crippen LogP contribution < -0.4 is 10.1 Å². The first-order valence-electron chi connectivity index (χ1n) is 10.8. The Bertz CT molecular complexity index is 1200. The number of esters is 1. The van der Waals surface area contributed by atoms with Crippen molar-refractivity contribution in [1.82, 2.24) is 10.3 Å². The van der Waals surface area contributed by atoms with Crippen LogP contribution in [-0.2, 0) is 19.1 Å². The number of para-hydroxylation sites is 1.